The smallest absolute Gasteiger partial charge is 0.407 e. The van der Waals surface area contributed by atoms with Crippen LogP contribution >= 0.6 is 11.3 Å². The predicted molar refractivity (Wildman–Crippen MR) is 132 cm³/mol. The highest BCUT2D eigenvalue weighted by Gasteiger charge is 2.29. The first kappa shape index (κ1) is 24.2. The van der Waals surface area contributed by atoms with E-state index in [-0.39, 0.29) is 31.3 Å². The van der Waals surface area contributed by atoms with Gasteiger partial charge in [-0.3, -0.25) is 9.59 Å². The molecule has 9 heteroatoms. The minimum absolute atomic E-state index is 0.0374. The lowest BCUT2D eigenvalue weighted by molar-refractivity contribution is -0.137. The summed E-state index contributed by atoms with van der Waals surface area (Å²) >= 11 is 1.26. The molecule has 0 bridgehead atoms. The highest BCUT2D eigenvalue weighted by Crippen LogP contribution is 2.44. The Hall–Kier alpha value is -3.98. The van der Waals surface area contributed by atoms with Crippen molar-refractivity contribution in [3.8, 4) is 11.1 Å². The van der Waals surface area contributed by atoms with Gasteiger partial charge in [0.05, 0.1) is 6.54 Å². The van der Waals surface area contributed by atoms with E-state index < -0.39 is 24.5 Å². The van der Waals surface area contributed by atoms with E-state index in [2.05, 4.69) is 41.1 Å². The van der Waals surface area contributed by atoms with Crippen LogP contribution in [0.15, 0.2) is 61.2 Å². The molecular formula is C26H25N3O5S. The second kappa shape index (κ2) is 10.5. The Balaban J connectivity index is 1.36. The Labute approximate surface area is 206 Å². The Bertz CT molecular complexity index is 1240. The normalized spacial score (nSPS) is 11.9. The minimum atomic E-state index is -1.12. The molecule has 0 saturated carbocycles. The number of aliphatic carboxylic acids is 1. The summed E-state index contributed by atoms with van der Waals surface area (Å²) in [6.45, 7) is 5.23. The molecule has 2 aromatic carbocycles. The van der Waals surface area contributed by atoms with Gasteiger partial charge in [0.15, 0.2) is 0 Å². The van der Waals surface area contributed by atoms with Crippen LogP contribution < -0.4 is 5.32 Å². The highest BCUT2D eigenvalue weighted by atomic mass is 32.1. The number of carboxylic acids is 1. The molecule has 1 aromatic heterocycles. The van der Waals surface area contributed by atoms with Crippen LogP contribution in [-0.2, 0) is 16.1 Å². The second-order valence-corrected chi connectivity index (χ2v) is 9.35. The fourth-order valence-corrected chi connectivity index (χ4v) is 5.08. The van der Waals surface area contributed by atoms with Crippen molar-refractivity contribution in [2.75, 3.05) is 19.7 Å². The van der Waals surface area contributed by atoms with Gasteiger partial charge >= 0.3 is 12.1 Å². The van der Waals surface area contributed by atoms with Crippen LogP contribution in [0.2, 0.25) is 0 Å². The number of hydrogen-bond donors (Lipinski definition) is 2. The fraction of sp³-hybridized carbons (Fsp3) is 0.231. The third-order valence-corrected chi connectivity index (χ3v) is 6.70. The number of ether oxygens (including phenoxy) is 1. The first-order valence-electron chi connectivity index (χ1n) is 11.1. The van der Waals surface area contributed by atoms with Crippen LogP contribution in [0.4, 0.5) is 4.79 Å². The van der Waals surface area contributed by atoms with Crippen LogP contribution in [0.5, 0.6) is 0 Å². The average molecular weight is 492 g/mol. The zero-order valence-corrected chi connectivity index (χ0v) is 20.0. The SMILES string of the molecule is C=CCN(CC(=O)O)C(=O)c1nc(CNC(=O)OCC2c3ccccc3-c3ccccc32)sc1C. The summed E-state index contributed by atoms with van der Waals surface area (Å²) in [6.07, 6.45) is 0.883. The number of thiazole rings is 1. The van der Waals surface area contributed by atoms with Gasteiger partial charge in [0.1, 0.15) is 23.9 Å². The Morgan fingerprint density at radius 3 is 2.37 bits per heavy atom. The predicted octanol–water partition coefficient (Wildman–Crippen LogP) is 4.20. The van der Waals surface area contributed by atoms with Crippen molar-refractivity contribution in [1.29, 1.82) is 0 Å². The first-order valence-corrected chi connectivity index (χ1v) is 11.9. The average Bonchev–Trinajstić information content (AvgIpc) is 3.38. The van der Waals surface area contributed by atoms with E-state index in [9.17, 15) is 14.4 Å². The largest absolute Gasteiger partial charge is 0.480 e. The lowest BCUT2D eigenvalue weighted by atomic mass is 9.98. The lowest BCUT2D eigenvalue weighted by Gasteiger charge is -2.17. The molecule has 0 aliphatic heterocycles. The molecule has 2 amide bonds. The van der Waals surface area contributed by atoms with Crippen molar-refractivity contribution in [3.63, 3.8) is 0 Å². The molecule has 0 atom stereocenters. The second-order valence-electron chi connectivity index (χ2n) is 8.06. The van der Waals surface area contributed by atoms with E-state index in [1.54, 1.807) is 6.92 Å². The standard InChI is InChI=1S/C26H25N3O5S/c1-3-12-29(14-23(30)31)25(32)24-16(2)35-22(28-24)13-27-26(33)34-15-21-19-10-6-4-8-17(19)18-9-5-7-11-20(18)21/h3-11,21H,1,12-15H2,2H3,(H,27,33)(H,30,31). The molecule has 1 heterocycles. The molecule has 0 saturated heterocycles. The number of hydrogen-bond acceptors (Lipinski definition) is 6. The van der Waals surface area contributed by atoms with Crippen LogP contribution in [0, 0.1) is 6.92 Å². The van der Waals surface area contributed by atoms with E-state index >= 15 is 0 Å². The summed E-state index contributed by atoms with van der Waals surface area (Å²) in [7, 11) is 0. The van der Waals surface area contributed by atoms with Gasteiger partial charge in [0.25, 0.3) is 5.91 Å². The molecule has 0 unspecified atom stereocenters. The Kier molecular flexibility index (Phi) is 7.26. The number of rotatable bonds is 9. The van der Waals surface area contributed by atoms with Gasteiger partial charge in [-0.25, -0.2) is 9.78 Å². The molecule has 8 nitrogen and oxygen atoms in total. The van der Waals surface area contributed by atoms with Crippen molar-refractivity contribution in [3.05, 3.63) is 87.9 Å². The van der Waals surface area contributed by atoms with Gasteiger partial charge in [-0.1, -0.05) is 54.6 Å². The number of benzene rings is 2. The van der Waals surface area contributed by atoms with Crippen LogP contribution in [0.3, 0.4) is 0 Å². The molecule has 0 radical (unpaired) electrons. The molecule has 1 aliphatic rings. The number of carbonyl (C=O) groups excluding carboxylic acids is 2. The summed E-state index contributed by atoms with van der Waals surface area (Å²) in [5.74, 6) is -1.65. The number of carbonyl (C=O) groups is 3. The third-order valence-electron chi connectivity index (χ3n) is 5.73. The maximum absolute atomic E-state index is 12.7. The number of aryl methyl sites for hydroxylation is 1. The van der Waals surface area contributed by atoms with Crippen molar-refractivity contribution >= 4 is 29.3 Å². The van der Waals surface area contributed by atoms with Gasteiger partial charge in [-0.05, 0) is 29.2 Å². The summed E-state index contributed by atoms with van der Waals surface area (Å²) < 4.78 is 5.54. The van der Waals surface area contributed by atoms with E-state index in [0.29, 0.717) is 9.88 Å². The maximum Gasteiger partial charge on any atom is 0.407 e. The van der Waals surface area contributed by atoms with Crippen molar-refractivity contribution in [2.45, 2.75) is 19.4 Å². The molecule has 35 heavy (non-hydrogen) atoms. The Morgan fingerprint density at radius 2 is 1.77 bits per heavy atom. The van der Waals surface area contributed by atoms with Crippen LogP contribution in [-0.4, -0.2) is 52.7 Å². The zero-order chi connectivity index (χ0) is 24.9. The van der Waals surface area contributed by atoms with Gasteiger partial charge in [-0.2, -0.15) is 0 Å². The number of alkyl carbamates (subject to hydrolysis) is 1. The highest BCUT2D eigenvalue weighted by molar-refractivity contribution is 7.11. The molecule has 1 aliphatic carbocycles. The molecule has 2 N–H and O–H groups in total. The maximum atomic E-state index is 12.7. The number of amides is 2. The topological polar surface area (TPSA) is 109 Å². The van der Waals surface area contributed by atoms with Crippen molar-refractivity contribution in [2.24, 2.45) is 0 Å². The van der Waals surface area contributed by atoms with Crippen LogP contribution in [0.25, 0.3) is 11.1 Å². The van der Waals surface area contributed by atoms with E-state index in [1.165, 1.54) is 17.4 Å². The summed E-state index contributed by atoms with van der Waals surface area (Å²) in [4.78, 5) is 42.4. The quantitative estimate of drug-likeness (QED) is 0.434. The number of fused-ring (bicyclic) bond motifs is 3. The van der Waals surface area contributed by atoms with E-state index in [4.69, 9.17) is 9.84 Å². The first-order chi connectivity index (χ1) is 16.9. The summed E-state index contributed by atoms with van der Waals surface area (Å²) in [6, 6.07) is 16.2. The van der Waals surface area contributed by atoms with Gasteiger partial charge < -0.3 is 20.1 Å². The number of aromatic nitrogens is 1. The van der Waals surface area contributed by atoms with E-state index in [0.717, 1.165) is 27.2 Å². The fourth-order valence-electron chi connectivity index (χ4n) is 4.21. The summed E-state index contributed by atoms with van der Waals surface area (Å²) in [5.41, 5.74) is 4.74. The number of nitrogens with one attached hydrogen (secondary N) is 1. The van der Waals surface area contributed by atoms with Gasteiger partial charge in [0.2, 0.25) is 0 Å². The lowest BCUT2D eigenvalue weighted by Crippen LogP contribution is -2.36. The van der Waals surface area contributed by atoms with Gasteiger partial charge in [-0.15, -0.1) is 17.9 Å². The molecule has 180 valence electrons. The van der Waals surface area contributed by atoms with Gasteiger partial charge in [0, 0.05) is 17.3 Å². The Morgan fingerprint density at radius 1 is 1.14 bits per heavy atom. The third kappa shape index (κ3) is 5.25. The van der Waals surface area contributed by atoms with E-state index in [1.807, 2.05) is 24.3 Å². The molecule has 3 aromatic rings. The van der Waals surface area contributed by atoms with Crippen LogP contribution in [0.1, 0.15) is 37.4 Å². The minimum Gasteiger partial charge on any atom is -0.480 e. The molecule has 0 spiro atoms. The molecular weight excluding hydrogens is 466 g/mol. The number of carboxylic acid groups (broad SMARTS) is 1. The van der Waals surface area contributed by atoms with Crippen molar-refractivity contribution in [1.82, 2.24) is 15.2 Å². The monoisotopic (exact) mass is 491 g/mol. The van der Waals surface area contributed by atoms with Crippen molar-refractivity contribution < 1.29 is 24.2 Å². The number of nitrogens with zero attached hydrogens (tertiary/aromatic N) is 2. The molecule has 4 rings (SSSR count). The zero-order valence-electron chi connectivity index (χ0n) is 19.2. The summed E-state index contributed by atoms with van der Waals surface area (Å²) in [5, 5.41) is 12.3. The molecule has 0 fully saturated rings.